The van der Waals surface area contributed by atoms with Gasteiger partial charge in [0.25, 0.3) is 11.8 Å². The smallest absolute Gasteiger partial charge is 0.367 e. The Balaban J connectivity index is 0.921. The lowest BCUT2D eigenvalue weighted by Crippen LogP contribution is -2.48. The Morgan fingerprint density at radius 3 is 1.95 bits per heavy atom. The van der Waals surface area contributed by atoms with Crippen molar-refractivity contribution in [3.63, 3.8) is 0 Å². The molecule has 10 rings (SSSR count). The largest absolute Gasteiger partial charge is 0.386 e. The number of thiol groups is 1. The number of aromatic nitrogens is 8. The van der Waals surface area contributed by atoms with E-state index in [4.69, 9.17) is 47.2 Å². The lowest BCUT2D eigenvalue weighted by atomic mass is 9.99. The standard InChI is InChI=1S/C36H33IN10O12P2S2/c1-35-12-53-60(50,62)59-26-23-33(46-17-42-21-27(38-15-40-29(21)46)44-31(48)19-8-4-2-5-9-19)56-36(26,13-52-23)14-54-61(51,63)58-25(35)24(57-37)34(55-35)47-18-43-22-28(39-16-41-30(22)47)45-32(49)20-10-6-3-7-11-20/h2-11,15-18,23-26,33-34H,12-14H2,1H3,(H,50,62)(H,51,63)(H,38,40,44,48)(H,39,41,45,49)/t23-,24-,25+,26+,33-,34-,35-,36-,60?,61?/m1/s1. The number of nitrogens with zero attached hydrogens (tertiary/aromatic N) is 8. The van der Waals surface area contributed by atoms with E-state index in [0.717, 1.165) is 0 Å². The zero-order valence-electron chi connectivity index (χ0n) is 32.3. The molecule has 0 radical (unpaired) electrons. The highest BCUT2D eigenvalue weighted by atomic mass is 127. The van der Waals surface area contributed by atoms with Crippen LogP contribution in [0.15, 0.2) is 86.0 Å². The first-order valence-electron chi connectivity index (χ1n) is 18.9. The number of hydrogen-bond donors (Lipinski definition) is 4. The summed E-state index contributed by atoms with van der Waals surface area (Å²) in [7, 11) is 0. The summed E-state index contributed by atoms with van der Waals surface area (Å²) in [6.45, 7) is -8.07. The van der Waals surface area contributed by atoms with Crippen LogP contribution in [0.3, 0.4) is 0 Å². The van der Waals surface area contributed by atoms with E-state index in [1.165, 1.54) is 29.9 Å². The average molecular weight is 1050 g/mol. The SMILES string of the molecule is C[C@@]12COP(O)(=S)O[C@H]3[C@H]4OC[C@]3(COP(=O)(S)O[C@H]1[C@@H](OI)[C@H](n1cnc3c(NC(=O)c5ccccc5)ncnc31)O2)O[C@H]4n1cnc2c(NC(=O)c3ccccc3)ncnc21. The molecule has 0 aliphatic carbocycles. The first kappa shape index (κ1) is 43.0. The summed E-state index contributed by atoms with van der Waals surface area (Å²) in [4.78, 5) is 63.9. The number of nitrogens with one attached hydrogen (secondary N) is 2. The number of hydrogen-bond acceptors (Lipinski definition) is 18. The topological polar surface area (TPSA) is 257 Å². The van der Waals surface area contributed by atoms with Gasteiger partial charge in [0, 0.05) is 11.1 Å². The monoisotopic (exact) mass is 1050 g/mol. The van der Waals surface area contributed by atoms with Gasteiger partial charge < -0.3 is 37.3 Å². The van der Waals surface area contributed by atoms with Crippen LogP contribution < -0.4 is 10.6 Å². The van der Waals surface area contributed by atoms with Crippen LogP contribution in [0.2, 0.25) is 0 Å². The fourth-order valence-electron chi connectivity index (χ4n) is 7.92. The number of benzene rings is 2. The van der Waals surface area contributed by atoms with Crippen LogP contribution in [0, 0.1) is 0 Å². The number of carbonyl (C=O) groups is 2. The van der Waals surface area contributed by atoms with Gasteiger partial charge in [0.05, 0.1) is 32.5 Å². The second-order valence-electron chi connectivity index (χ2n) is 15.0. The van der Waals surface area contributed by atoms with Crippen LogP contribution in [0.25, 0.3) is 22.3 Å². The molecule has 10 atom stereocenters. The number of carbonyl (C=O) groups excluding carboxylic acids is 2. The Hall–Kier alpha value is -3.92. The van der Waals surface area contributed by atoms with Gasteiger partial charge in [0.2, 0.25) is 0 Å². The van der Waals surface area contributed by atoms with Crippen LogP contribution in [0.4, 0.5) is 11.6 Å². The van der Waals surface area contributed by atoms with Gasteiger partial charge in [-0.25, -0.2) is 34.5 Å². The van der Waals surface area contributed by atoms with Crippen LogP contribution >= 0.6 is 48.8 Å². The third kappa shape index (κ3) is 7.90. The Kier molecular flexibility index (Phi) is 11.3. The fraction of sp³-hybridized carbons (Fsp3) is 0.333. The molecular weight excluding hydrogens is 1020 g/mol. The predicted molar refractivity (Wildman–Crippen MR) is 234 cm³/mol. The van der Waals surface area contributed by atoms with E-state index in [9.17, 15) is 19.0 Å². The molecule has 4 saturated heterocycles. The van der Waals surface area contributed by atoms with E-state index in [1.54, 1.807) is 95.2 Å². The van der Waals surface area contributed by atoms with Gasteiger partial charge in [0.15, 0.2) is 46.4 Å². The Labute approximate surface area is 380 Å². The second-order valence-corrected chi connectivity index (χ2v) is 21.2. The fourth-order valence-corrected chi connectivity index (χ4v) is 11.5. The molecular formula is C36H33IN10O12P2S2. The average Bonchev–Trinajstić information content (AvgIpc) is 4.10. The summed E-state index contributed by atoms with van der Waals surface area (Å²) in [6.07, 6.45) is -1.18. The molecule has 63 heavy (non-hydrogen) atoms. The molecule has 3 N–H and O–H groups in total. The summed E-state index contributed by atoms with van der Waals surface area (Å²) in [5, 5.41) is 5.54. The molecule has 27 heteroatoms. The normalized spacial score (nSPS) is 33.0. The van der Waals surface area contributed by atoms with E-state index >= 15 is 0 Å². The molecule has 328 valence electrons. The molecule has 4 fully saturated rings. The number of halogens is 1. The maximum atomic E-state index is 14.3. The van der Waals surface area contributed by atoms with Crippen molar-refractivity contribution in [3.8, 4) is 0 Å². The predicted octanol–water partition coefficient (Wildman–Crippen LogP) is 4.93. The third-order valence-electron chi connectivity index (χ3n) is 10.9. The van der Waals surface area contributed by atoms with Crippen LogP contribution in [-0.4, -0.2) is 111 Å². The van der Waals surface area contributed by atoms with Gasteiger partial charge in [-0.15, -0.1) is 0 Å². The molecule has 6 aromatic rings. The quantitative estimate of drug-likeness (QED) is 0.0939. The van der Waals surface area contributed by atoms with Crippen molar-refractivity contribution in [2.24, 2.45) is 0 Å². The lowest BCUT2D eigenvalue weighted by molar-refractivity contribution is -0.183. The van der Waals surface area contributed by atoms with Crippen molar-refractivity contribution < 1.29 is 54.4 Å². The van der Waals surface area contributed by atoms with Gasteiger partial charge >= 0.3 is 13.5 Å². The van der Waals surface area contributed by atoms with Gasteiger partial charge in [-0.3, -0.25) is 32.3 Å². The highest BCUT2D eigenvalue weighted by Gasteiger charge is 2.66. The summed E-state index contributed by atoms with van der Waals surface area (Å²) in [5.74, 6) is -0.525. The molecule has 22 nitrogen and oxygen atoms in total. The minimum atomic E-state index is -4.36. The number of anilines is 2. The van der Waals surface area contributed by atoms with E-state index in [0.29, 0.717) is 11.1 Å². The summed E-state index contributed by atoms with van der Waals surface area (Å²) < 4.78 is 67.1. The van der Waals surface area contributed by atoms with Crippen molar-refractivity contribution in [2.75, 3.05) is 30.5 Å². The Morgan fingerprint density at radius 1 is 0.810 bits per heavy atom. The second kappa shape index (κ2) is 16.5. The third-order valence-corrected chi connectivity index (χ3v) is 14.6. The number of ether oxygens (including phenoxy) is 3. The van der Waals surface area contributed by atoms with E-state index in [2.05, 4.69) is 52.8 Å². The number of rotatable bonds is 7. The maximum absolute atomic E-state index is 14.3. The van der Waals surface area contributed by atoms with E-state index in [-0.39, 0.29) is 40.6 Å². The van der Waals surface area contributed by atoms with Gasteiger partial charge in [-0.1, -0.05) is 48.6 Å². The molecule has 2 amide bonds. The summed E-state index contributed by atoms with van der Waals surface area (Å²) in [6, 6.07) is 17.2. The first-order chi connectivity index (χ1) is 30.3. The maximum Gasteiger partial charge on any atom is 0.386 e. The zero-order valence-corrected chi connectivity index (χ0v) is 38.0. The Morgan fingerprint density at radius 2 is 1.38 bits per heavy atom. The van der Waals surface area contributed by atoms with Crippen LogP contribution in [0.1, 0.15) is 40.1 Å². The van der Waals surface area contributed by atoms with Crippen molar-refractivity contribution >= 4 is 106 Å². The molecule has 2 unspecified atom stereocenters. The number of fused-ring (bicyclic) bond motifs is 3. The molecule has 0 spiro atoms. The van der Waals surface area contributed by atoms with E-state index in [1.807, 2.05) is 0 Å². The number of amides is 2. The zero-order chi connectivity index (χ0) is 43.7. The van der Waals surface area contributed by atoms with Crippen molar-refractivity contribution in [1.29, 1.82) is 0 Å². The summed E-state index contributed by atoms with van der Waals surface area (Å²) >= 11 is 11.6. The molecule has 2 bridgehead atoms. The first-order valence-corrected chi connectivity index (χ1v) is 25.1. The minimum absolute atomic E-state index is 0.139. The molecule has 8 heterocycles. The van der Waals surface area contributed by atoms with Gasteiger partial charge in [-0.05, 0) is 43.0 Å². The highest BCUT2D eigenvalue weighted by Crippen LogP contribution is 2.62. The van der Waals surface area contributed by atoms with Crippen LogP contribution in [0.5, 0.6) is 0 Å². The molecule has 4 aliphatic rings. The number of imidazole rings is 2. The molecule has 4 aliphatic heterocycles. The molecule has 2 aromatic carbocycles. The minimum Gasteiger partial charge on any atom is -0.367 e. The van der Waals surface area contributed by atoms with Gasteiger partial charge in [-0.2, -0.15) is 0 Å². The van der Waals surface area contributed by atoms with Gasteiger partial charge in [0.1, 0.15) is 71.3 Å². The molecule has 4 aromatic heterocycles. The van der Waals surface area contributed by atoms with Crippen molar-refractivity contribution in [1.82, 2.24) is 39.0 Å². The van der Waals surface area contributed by atoms with Crippen LogP contribution in [-0.2, 0) is 51.7 Å². The highest BCUT2D eigenvalue weighted by molar-refractivity contribution is 14.1. The Bertz CT molecular complexity index is 2850. The lowest BCUT2D eigenvalue weighted by Gasteiger charge is -2.36. The van der Waals surface area contributed by atoms with Crippen molar-refractivity contribution in [2.45, 2.75) is 55.0 Å². The van der Waals surface area contributed by atoms with Crippen molar-refractivity contribution in [3.05, 3.63) is 97.1 Å². The van der Waals surface area contributed by atoms with E-state index < -0.39 is 86.6 Å². The summed E-state index contributed by atoms with van der Waals surface area (Å²) in [5.41, 5.74) is -1.28. The molecule has 0 saturated carbocycles.